The number of nitrogens with zero attached hydrogens (tertiary/aromatic N) is 2. The topological polar surface area (TPSA) is 16.1 Å². The fourth-order valence-corrected chi connectivity index (χ4v) is 3.63. The quantitative estimate of drug-likeness (QED) is 0.480. The minimum atomic E-state index is 0.205. The zero-order valence-electron chi connectivity index (χ0n) is 14.9. The number of pyridine rings is 1. The minimum Gasteiger partial charge on any atom is -0.291 e. The first kappa shape index (κ1) is 16.5. The van der Waals surface area contributed by atoms with Gasteiger partial charge in [0.2, 0.25) is 0 Å². The maximum atomic E-state index is 4.61. The van der Waals surface area contributed by atoms with Gasteiger partial charge in [0.05, 0.1) is 11.6 Å². The molecule has 0 radical (unpaired) electrons. The molecule has 0 fully saturated rings. The molecule has 0 saturated heterocycles. The molecule has 4 aromatic rings. The molecule has 0 aliphatic rings. The molecule has 0 aliphatic heterocycles. The molecule has 0 bridgehead atoms. The lowest BCUT2D eigenvalue weighted by atomic mass is 9.97. The summed E-state index contributed by atoms with van der Waals surface area (Å²) in [6, 6.07) is 32.1. The molecule has 128 valence electrons. The van der Waals surface area contributed by atoms with Crippen molar-refractivity contribution >= 4 is 10.9 Å². The number of benzene rings is 3. The summed E-state index contributed by atoms with van der Waals surface area (Å²) in [6.07, 6.45) is 1.87. The Bertz CT molecular complexity index is 936. The van der Waals surface area contributed by atoms with Gasteiger partial charge in [-0.2, -0.15) is 0 Å². The van der Waals surface area contributed by atoms with Crippen LogP contribution >= 0.6 is 0 Å². The van der Waals surface area contributed by atoms with Gasteiger partial charge in [0.1, 0.15) is 0 Å². The van der Waals surface area contributed by atoms with Crippen molar-refractivity contribution in [1.82, 2.24) is 9.88 Å². The summed E-state index contributed by atoms with van der Waals surface area (Å²) in [6.45, 7) is 0.836. The standard InChI is InChI=1S/C24H22N2/c1-26(18-22-15-8-14-19-16-9-17-25-23(19)22)24(20-10-4-2-5-11-20)21-12-6-3-7-13-21/h2-17,24H,18H2,1H3. The highest BCUT2D eigenvalue weighted by molar-refractivity contribution is 5.81. The van der Waals surface area contributed by atoms with Gasteiger partial charge in [0.25, 0.3) is 0 Å². The van der Waals surface area contributed by atoms with Gasteiger partial charge in [-0.05, 0) is 29.8 Å². The third-order valence-corrected chi connectivity index (χ3v) is 4.81. The Morgan fingerprint density at radius 2 is 1.35 bits per heavy atom. The molecule has 0 saturated carbocycles. The number of hydrogen-bond acceptors (Lipinski definition) is 2. The van der Waals surface area contributed by atoms with Crippen molar-refractivity contribution in [2.24, 2.45) is 0 Å². The Labute approximate surface area is 154 Å². The number of aromatic nitrogens is 1. The molecular formula is C24H22N2. The van der Waals surface area contributed by atoms with Gasteiger partial charge >= 0.3 is 0 Å². The van der Waals surface area contributed by atoms with Crippen LogP contribution < -0.4 is 0 Å². The molecule has 0 amide bonds. The van der Waals surface area contributed by atoms with E-state index in [1.165, 1.54) is 22.1 Å². The van der Waals surface area contributed by atoms with Crippen molar-refractivity contribution in [3.05, 3.63) is 114 Å². The molecule has 0 aliphatic carbocycles. The highest BCUT2D eigenvalue weighted by atomic mass is 15.1. The molecule has 2 nitrogen and oxygen atoms in total. The predicted octanol–water partition coefficient (Wildman–Crippen LogP) is 5.46. The monoisotopic (exact) mass is 338 g/mol. The fraction of sp³-hybridized carbons (Fsp3) is 0.125. The summed E-state index contributed by atoms with van der Waals surface area (Å²) in [5.41, 5.74) is 4.94. The molecule has 1 aromatic heterocycles. The van der Waals surface area contributed by atoms with Gasteiger partial charge in [0, 0.05) is 18.1 Å². The van der Waals surface area contributed by atoms with E-state index in [1.807, 2.05) is 12.3 Å². The van der Waals surface area contributed by atoms with Crippen molar-refractivity contribution in [1.29, 1.82) is 0 Å². The molecule has 3 aromatic carbocycles. The van der Waals surface area contributed by atoms with Gasteiger partial charge in [-0.3, -0.25) is 9.88 Å². The van der Waals surface area contributed by atoms with Crippen LogP contribution in [0.15, 0.2) is 97.2 Å². The number of rotatable bonds is 5. The van der Waals surface area contributed by atoms with Crippen LogP contribution in [0, 0.1) is 0 Å². The second kappa shape index (κ2) is 7.51. The van der Waals surface area contributed by atoms with Crippen LogP contribution in [0.2, 0.25) is 0 Å². The third kappa shape index (κ3) is 3.37. The molecule has 26 heavy (non-hydrogen) atoms. The largest absolute Gasteiger partial charge is 0.291 e. The molecule has 0 unspecified atom stereocenters. The summed E-state index contributed by atoms with van der Waals surface area (Å²) in [5.74, 6) is 0. The van der Waals surface area contributed by atoms with E-state index in [0.29, 0.717) is 0 Å². The highest BCUT2D eigenvalue weighted by Crippen LogP contribution is 2.29. The first-order chi connectivity index (χ1) is 12.8. The van der Waals surface area contributed by atoms with Gasteiger partial charge in [-0.25, -0.2) is 0 Å². The second-order valence-electron chi connectivity index (χ2n) is 6.63. The first-order valence-corrected chi connectivity index (χ1v) is 8.96. The lowest BCUT2D eigenvalue weighted by Crippen LogP contribution is -2.25. The Morgan fingerprint density at radius 1 is 0.731 bits per heavy atom. The van der Waals surface area contributed by atoms with Crippen LogP contribution in [0.4, 0.5) is 0 Å². The van der Waals surface area contributed by atoms with E-state index >= 15 is 0 Å². The summed E-state index contributed by atoms with van der Waals surface area (Å²) in [7, 11) is 2.19. The lowest BCUT2D eigenvalue weighted by Gasteiger charge is -2.29. The summed E-state index contributed by atoms with van der Waals surface area (Å²) >= 11 is 0. The summed E-state index contributed by atoms with van der Waals surface area (Å²) < 4.78 is 0. The van der Waals surface area contributed by atoms with Crippen LogP contribution in [0.1, 0.15) is 22.7 Å². The van der Waals surface area contributed by atoms with Crippen molar-refractivity contribution in [3.63, 3.8) is 0 Å². The van der Waals surface area contributed by atoms with Crippen molar-refractivity contribution in [2.45, 2.75) is 12.6 Å². The van der Waals surface area contributed by atoms with E-state index in [9.17, 15) is 0 Å². The zero-order valence-corrected chi connectivity index (χ0v) is 14.9. The Kier molecular flexibility index (Phi) is 4.76. The van der Waals surface area contributed by atoms with Crippen LogP contribution in [0.25, 0.3) is 10.9 Å². The van der Waals surface area contributed by atoms with Crippen molar-refractivity contribution in [3.8, 4) is 0 Å². The van der Waals surface area contributed by atoms with E-state index in [4.69, 9.17) is 0 Å². The first-order valence-electron chi connectivity index (χ1n) is 8.96. The van der Waals surface area contributed by atoms with Crippen LogP contribution in [-0.4, -0.2) is 16.9 Å². The smallest absolute Gasteiger partial charge is 0.0746 e. The summed E-state index contributed by atoms with van der Waals surface area (Å²) in [5, 5.41) is 1.19. The minimum absolute atomic E-state index is 0.205. The average molecular weight is 338 g/mol. The van der Waals surface area contributed by atoms with Gasteiger partial charge in [-0.15, -0.1) is 0 Å². The van der Waals surface area contributed by atoms with Gasteiger partial charge in [0.15, 0.2) is 0 Å². The van der Waals surface area contributed by atoms with E-state index in [0.717, 1.165) is 12.1 Å². The molecule has 1 heterocycles. The SMILES string of the molecule is CN(Cc1cccc2cccnc12)C(c1ccccc1)c1ccccc1. The Balaban J connectivity index is 1.72. The lowest BCUT2D eigenvalue weighted by molar-refractivity contribution is 0.271. The van der Waals surface area contributed by atoms with E-state index < -0.39 is 0 Å². The molecule has 0 spiro atoms. The van der Waals surface area contributed by atoms with Crippen LogP contribution in [0.5, 0.6) is 0 Å². The maximum absolute atomic E-state index is 4.61. The normalized spacial score (nSPS) is 11.3. The van der Waals surface area contributed by atoms with E-state index in [1.54, 1.807) is 0 Å². The summed E-state index contributed by atoms with van der Waals surface area (Å²) in [4.78, 5) is 7.01. The van der Waals surface area contributed by atoms with E-state index in [2.05, 4.69) is 102 Å². The van der Waals surface area contributed by atoms with Crippen LogP contribution in [0.3, 0.4) is 0 Å². The van der Waals surface area contributed by atoms with Crippen molar-refractivity contribution < 1.29 is 0 Å². The highest BCUT2D eigenvalue weighted by Gasteiger charge is 2.19. The van der Waals surface area contributed by atoms with Crippen LogP contribution in [-0.2, 0) is 6.54 Å². The van der Waals surface area contributed by atoms with Gasteiger partial charge in [-0.1, -0.05) is 84.9 Å². The second-order valence-corrected chi connectivity index (χ2v) is 6.63. The number of fused-ring (bicyclic) bond motifs is 1. The van der Waals surface area contributed by atoms with Crippen molar-refractivity contribution in [2.75, 3.05) is 7.05 Å². The average Bonchev–Trinajstić information content (AvgIpc) is 2.70. The maximum Gasteiger partial charge on any atom is 0.0746 e. The number of hydrogen-bond donors (Lipinski definition) is 0. The zero-order chi connectivity index (χ0) is 17.8. The Hall–Kier alpha value is -2.97. The van der Waals surface area contributed by atoms with Gasteiger partial charge < -0.3 is 0 Å². The van der Waals surface area contributed by atoms with E-state index in [-0.39, 0.29) is 6.04 Å². The Morgan fingerprint density at radius 3 is 2.00 bits per heavy atom. The predicted molar refractivity (Wildman–Crippen MR) is 108 cm³/mol. The molecule has 0 atom stereocenters. The number of para-hydroxylation sites is 1. The molecular weight excluding hydrogens is 316 g/mol. The molecule has 0 N–H and O–H groups in total. The molecule has 2 heteroatoms. The third-order valence-electron chi connectivity index (χ3n) is 4.81. The fourth-order valence-electron chi connectivity index (χ4n) is 3.63. The molecule has 4 rings (SSSR count).